The molecule has 0 unspecified atom stereocenters. The van der Waals surface area contributed by atoms with Gasteiger partial charge in [-0.05, 0) is 24.0 Å². The van der Waals surface area contributed by atoms with Gasteiger partial charge in [-0.1, -0.05) is 30.3 Å². The molecule has 0 saturated carbocycles. The van der Waals surface area contributed by atoms with Crippen LogP contribution >= 0.6 is 11.8 Å². The van der Waals surface area contributed by atoms with Gasteiger partial charge in [-0.15, -0.1) is 11.8 Å². The van der Waals surface area contributed by atoms with Crippen LogP contribution in [-0.2, 0) is 6.61 Å². The molecule has 0 fully saturated rings. The van der Waals surface area contributed by atoms with Gasteiger partial charge >= 0.3 is 5.97 Å². The summed E-state index contributed by atoms with van der Waals surface area (Å²) in [4.78, 5) is 11.1. The standard InChI is InChI=1S/C15H13FO3S/c1-20-14-11(15(17)18)7-8-12(13(14)16)19-9-10-5-3-2-4-6-10/h2-8H,9H2,1H3,(H,17,18). The number of hydrogen-bond donors (Lipinski definition) is 1. The van der Waals surface area contributed by atoms with Gasteiger partial charge in [-0.2, -0.15) is 0 Å². The summed E-state index contributed by atoms with van der Waals surface area (Å²) < 4.78 is 19.6. The Morgan fingerprint density at radius 3 is 2.55 bits per heavy atom. The third kappa shape index (κ3) is 3.11. The van der Waals surface area contributed by atoms with Crippen molar-refractivity contribution in [1.29, 1.82) is 0 Å². The largest absolute Gasteiger partial charge is 0.486 e. The molecule has 0 atom stereocenters. The zero-order valence-electron chi connectivity index (χ0n) is 10.8. The van der Waals surface area contributed by atoms with Crippen molar-refractivity contribution in [3.8, 4) is 5.75 Å². The van der Waals surface area contributed by atoms with Crippen LogP contribution in [-0.4, -0.2) is 17.3 Å². The number of carboxylic acids is 1. The monoisotopic (exact) mass is 292 g/mol. The first kappa shape index (κ1) is 14.4. The molecular formula is C15H13FO3S. The molecule has 2 rings (SSSR count). The Morgan fingerprint density at radius 1 is 1.25 bits per heavy atom. The third-order valence-electron chi connectivity index (χ3n) is 2.73. The SMILES string of the molecule is CSc1c(C(=O)O)ccc(OCc2ccccc2)c1F. The highest BCUT2D eigenvalue weighted by Gasteiger charge is 2.18. The first-order valence-corrected chi connectivity index (χ1v) is 7.12. The van der Waals surface area contributed by atoms with Gasteiger partial charge in [0.15, 0.2) is 11.6 Å². The summed E-state index contributed by atoms with van der Waals surface area (Å²) in [5.74, 6) is -1.72. The van der Waals surface area contributed by atoms with Crippen molar-refractivity contribution in [2.75, 3.05) is 6.26 Å². The number of ether oxygens (including phenoxy) is 1. The molecule has 5 heteroatoms. The number of thioether (sulfide) groups is 1. The fraction of sp³-hybridized carbons (Fsp3) is 0.133. The van der Waals surface area contributed by atoms with Crippen LogP contribution in [0.4, 0.5) is 4.39 Å². The van der Waals surface area contributed by atoms with Crippen molar-refractivity contribution >= 4 is 17.7 Å². The summed E-state index contributed by atoms with van der Waals surface area (Å²) in [5.41, 5.74) is 0.863. The van der Waals surface area contributed by atoms with E-state index < -0.39 is 11.8 Å². The van der Waals surface area contributed by atoms with Crippen LogP contribution in [0.1, 0.15) is 15.9 Å². The van der Waals surface area contributed by atoms with Crippen LogP contribution in [0.5, 0.6) is 5.75 Å². The fourth-order valence-electron chi connectivity index (χ4n) is 1.75. The van der Waals surface area contributed by atoms with E-state index in [9.17, 15) is 9.18 Å². The fourth-order valence-corrected chi connectivity index (χ4v) is 2.41. The van der Waals surface area contributed by atoms with Crippen LogP contribution in [0.25, 0.3) is 0 Å². The molecule has 0 aliphatic carbocycles. The zero-order chi connectivity index (χ0) is 14.5. The molecule has 20 heavy (non-hydrogen) atoms. The van der Waals surface area contributed by atoms with E-state index in [0.29, 0.717) is 0 Å². The maximum absolute atomic E-state index is 14.2. The zero-order valence-corrected chi connectivity index (χ0v) is 11.6. The molecule has 2 aromatic carbocycles. The average molecular weight is 292 g/mol. The van der Waals surface area contributed by atoms with Gasteiger partial charge in [-0.3, -0.25) is 0 Å². The highest BCUT2D eigenvalue weighted by molar-refractivity contribution is 7.98. The molecular weight excluding hydrogens is 279 g/mol. The van der Waals surface area contributed by atoms with Crippen molar-refractivity contribution in [1.82, 2.24) is 0 Å². The van der Waals surface area contributed by atoms with Crippen molar-refractivity contribution < 1.29 is 19.0 Å². The molecule has 104 valence electrons. The Kier molecular flexibility index (Phi) is 4.63. The van der Waals surface area contributed by atoms with Crippen LogP contribution < -0.4 is 4.74 Å². The molecule has 0 aromatic heterocycles. The first-order chi connectivity index (χ1) is 9.63. The summed E-state index contributed by atoms with van der Waals surface area (Å²) in [5, 5.41) is 9.00. The number of hydrogen-bond acceptors (Lipinski definition) is 3. The maximum atomic E-state index is 14.2. The van der Waals surface area contributed by atoms with Crippen LogP contribution in [0, 0.1) is 5.82 Å². The molecule has 0 aliphatic heterocycles. The Hall–Kier alpha value is -2.01. The summed E-state index contributed by atoms with van der Waals surface area (Å²) >= 11 is 1.05. The van der Waals surface area contributed by atoms with Crippen molar-refractivity contribution in [2.24, 2.45) is 0 Å². The molecule has 0 radical (unpaired) electrons. The topological polar surface area (TPSA) is 46.5 Å². The van der Waals surface area contributed by atoms with Crippen LogP contribution in [0.15, 0.2) is 47.4 Å². The average Bonchev–Trinajstić information content (AvgIpc) is 2.46. The predicted molar refractivity (Wildman–Crippen MR) is 75.9 cm³/mol. The van der Waals surface area contributed by atoms with E-state index in [1.807, 2.05) is 30.3 Å². The second kappa shape index (κ2) is 6.43. The van der Waals surface area contributed by atoms with Gasteiger partial charge < -0.3 is 9.84 Å². The van der Waals surface area contributed by atoms with E-state index in [-0.39, 0.29) is 22.8 Å². The normalized spacial score (nSPS) is 10.3. The molecule has 3 nitrogen and oxygen atoms in total. The molecule has 0 heterocycles. The molecule has 0 bridgehead atoms. The number of carbonyl (C=O) groups is 1. The minimum Gasteiger partial charge on any atom is -0.486 e. The van der Waals surface area contributed by atoms with E-state index in [1.165, 1.54) is 12.1 Å². The third-order valence-corrected chi connectivity index (χ3v) is 3.54. The lowest BCUT2D eigenvalue weighted by Crippen LogP contribution is -2.04. The molecule has 0 aliphatic rings. The Morgan fingerprint density at radius 2 is 1.95 bits per heavy atom. The van der Waals surface area contributed by atoms with E-state index in [1.54, 1.807) is 6.26 Å². The second-order valence-corrected chi connectivity index (χ2v) is 4.85. The minimum atomic E-state index is -1.15. The number of benzene rings is 2. The Bertz CT molecular complexity index is 614. The van der Waals surface area contributed by atoms with Crippen LogP contribution in [0.3, 0.4) is 0 Å². The van der Waals surface area contributed by atoms with Gasteiger partial charge in [-0.25, -0.2) is 9.18 Å². The molecule has 0 amide bonds. The van der Waals surface area contributed by atoms with Gasteiger partial charge in [0.05, 0.1) is 10.5 Å². The van der Waals surface area contributed by atoms with Crippen molar-refractivity contribution in [3.63, 3.8) is 0 Å². The number of halogens is 1. The predicted octanol–water partition coefficient (Wildman–Crippen LogP) is 3.82. The second-order valence-electron chi connectivity index (χ2n) is 4.04. The number of rotatable bonds is 5. The first-order valence-electron chi connectivity index (χ1n) is 5.90. The van der Waals surface area contributed by atoms with Crippen molar-refractivity contribution in [2.45, 2.75) is 11.5 Å². The maximum Gasteiger partial charge on any atom is 0.336 e. The smallest absolute Gasteiger partial charge is 0.336 e. The molecule has 0 saturated heterocycles. The molecule has 2 aromatic rings. The van der Waals surface area contributed by atoms with E-state index >= 15 is 0 Å². The summed E-state index contributed by atoms with van der Waals surface area (Å²) in [6.45, 7) is 0.234. The van der Waals surface area contributed by atoms with E-state index in [0.717, 1.165) is 17.3 Å². The van der Waals surface area contributed by atoms with Gasteiger partial charge in [0, 0.05) is 0 Å². The molecule has 0 spiro atoms. The van der Waals surface area contributed by atoms with Gasteiger partial charge in [0.25, 0.3) is 0 Å². The summed E-state index contributed by atoms with van der Waals surface area (Å²) in [7, 11) is 0. The summed E-state index contributed by atoms with van der Waals surface area (Å²) in [6.07, 6.45) is 1.63. The highest BCUT2D eigenvalue weighted by atomic mass is 32.2. The summed E-state index contributed by atoms with van der Waals surface area (Å²) in [6, 6.07) is 12.1. The van der Waals surface area contributed by atoms with E-state index in [2.05, 4.69) is 0 Å². The lowest BCUT2D eigenvalue weighted by molar-refractivity contribution is 0.0692. The Balaban J connectivity index is 2.23. The van der Waals surface area contributed by atoms with Gasteiger partial charge in [0.2, 0.25) is 0 Å². The number of aromatic carboxylic acids is 1. The van der Waals surface area contributed by atoms with E-state index in [4.69, 9.17) is 9.84 Å². The number of carboxylic acid groups (broad SMARTS) is 1. The highest BCUT2D eigenvalue weighted by Crippen LogP contribution is 2.31. The van der Waals surface area contributed by atoms with Gasteiger partial charge in [0.1, 0.15) is 6.61 Å². The van der Waals surface area contributed by atoms with Crippen LogP contribution in [0.2, 0.25) is 0 Å². The lowest BCUT2D eigenvalue weighted by atomic mass is 10.2. The molecule has 1 N–H and O–H groups in total. The quantitative estimate of drug-likeness (QED) is 0.851. The van der Waals surface area contributed by atoms with Crippen molar-refractivity contribution in [3.05, 3.63) is 59.4 Å². The Labute approximate surface area is 120 Å². The minimum absolute atomic E-state index is 0.0536. The lowest BCUT2D eigenvalue weighted by Gasteiger charge is -2.11.